The van der Waals surface area contributed by atoms with E-state index < -0.39 is 0 Å². The molecule has 3 aromatic rings. The molecule has 0 saturated heterocycles. The van der Waals surface area contributed by atoms with Crippen molar-refractivity contribution in [3.63, 3.8) is 0 Å². The summed E-state index contributed by atoms with van der Waals surface area (Å²) in [5, 5.41) is 14.8. The first-order valence-corrected chi connectivity index (χ1v) is 6.95. The number of fused-ring (bicyclic) bond motifs is 1. The molecule has 5 heteroatoms. The van der Waals surface area contributed by atoms with Crippen LogP contribution in [0.1, 0.15) is 18.0 Å². The number of aromatic nitrogens is 3. The van der Waals surface area contributed by atoms with Crippen molar-refractivity contribution in [3.05, 3.63) is 41.5 Å². The number of pyridine rings is 1. The van der Waals surface area contributed by atoms with Crippen LogP contribution in [0.15, 0.2) is 36.5 Å². The topological polar surface area (TPSA) is 50.7 Å². The molecule has 0 aliphatic carbocycles. The summed E-state index contributed by atoms with van der Waals surface area (Å²) in [5.74, 6) is 0. The van der Waals surface area contributed by atoms with Crippen LogP contribution < -0.4 is 5.32 Å². The third kappa shape index (κ3) is 2.34. The highest BCUT2D eigenvalue weighted by Crippen LogP contribution is 2.28. The van der Waals surface area contributed by atoms with E-state index in [4.69, 9.17) is 0 Å². The van der Waals surface area contributed by atoms with Gasteiger partial charge in [-0.2, -0.15) is 0 Å². The molecule has 0 radical (unpaired) electrons. The number of nitrogens with one attached hydrogen (secondary N) is 1. The van der Waals surface area contributed by atoms with E-state index in [2.05, 4.69) is 39.6 Å². The van der Waals surface area contributed by atoms with Crippen LogP contribution in [0.2, 0.25) is 0 Å². The fourth-order valence-electron chi connectivity index (χ4n) is 1.86. The highest BCUT2D eigenvalue weighted by atomic mass is 32.1. The van der Waals surface area contributed by atoms with Crippen molar-refractivity contribution in [2.24, 2.45) is 0 Å². The molecular weight excluding hydrogens is 256 g/mol. The van der Waals surface area contributed by atoms with Gasteiger partial charge in [-0.1, -0.05) is 17.4 Å². The van der Waals surface area contributed by atoms with Crippen LogP contribution in [-0.2, 0) is 0 Å². The monoisotopic (exact) mass is 270 g/mol. The Morgan fingerprint density at radius 1 is 1.21 bits per heavy atom. The number of hydrogen-bond donors (Lipinski definition) is 1. The highest BCUT2D eigenvalue weighted by Gasteiger charge is 2.11. The normalized spacial score (nSPS) is 12.7. The molecule has 0 fully saturated rings. The largest absolute Gasteiger partial charge is 0.311 e. The summed E-state index contributed by atoms with van der Waals surface area (Å²) in [4.78, 5) is 4.32. The smallest absolute Gasteiger partial charge is 0.147 e. The number of nitrogens with zero attached hydrogens (tertiary/aromatic N) is 3. The van der Waals surface area contributed by atoms with Crippen molar-refractivity contribution in [1.29, 1.82) is 0 Å². The standard InChI is InChI=1S/C14H14N4S/c1-9(15-2)13-17-18-14(19-13)11-5-6-12-10(8-11)4-3-7-16-12/h3-9,15H,1-2H3. The lowest BCUT2D eigenvalue weighted by Crippen LogP contribution is -2.11. The van der Waals surface area contributed by atoms with Gasteiger partial charge in [-0.05, 0) is 38.2 Å². The van der Waals surface area contributed by atoms with Crippen molar-refractivity contribution in [3.8, 4) is 10.6 Å². The van der Waals surface area contributed by atoms with Gasteiger partial charge in [0, 0.05) is 17.1 Å². The zero-order valence-corrected chi connectivity index (χ0v) is 11.6. The van der Waals surface area contributed by atoms with E-state index in [1.165, 1.54) is 0 Å². The van der Waals surface area contributed by atoms with Crippen LogP contribution in [0.25, 0.3) is 21.5 Å². The van der Waals surface area contributed by atoms with Crippen LogP contribution in [0, 0.1) is 0 Å². The van der Waals surface area contributed by atoms with E-state index >= 15 is 0 Å². The van der Waals surface area contributed by atoms with Gasteiger partial charge in [-0.3, -0.25) is 4.98 Å². The van der Waals surface area contributed by atoms with Crippen LogP contribution in [-0.4, -0.2) is 22.2 Å². The Bertz CT molecular complexity index is 707. The fourth-order valence-corrected chi connectivity index (χ4v) is 2.76. The third-order valence-electron chi connectivity index (χ3n) is 3.09. The predicted molar refractivity (Wildman–Crippen MR) is 78.1 cm³/mol. The second kappa shape index (κ2) is 5.03. The number of hydrogen-bond acceptors (Lipinski definition) is 5. The molecule has 1 aromatic carbocycles. The zero-order valence-electron chi connectivity index (χ0n) is 10.8. The second-order valence-corrected chi connectivity index (χ2v) is 5.38. The Kier molecular flexibility index (Phi) is 3.23. The molecule has 3 rings (SSSR count). The molecule has 0 bridgehead atoms. The molecular formula is C14H14N4S. The van der Waals surface area contributed by atoms with Crippen molar-refractivity contribution < 1.29 is 0 Å². The van der Waals surface area contributed by atoms with Crippen LogP contribution >= 0.6 is 11.3 Å². The van der Waals surface area contributed by atoms with E-state index in [1.807, 2.05) is 25.2 Å². The van der Waals surface area contributed by atoms with E-state index in [1.54, 1.807) is 17.5 Å². The average Bonchev–Trinajstić information content (AvgIpc) is 2.95. The minimum atomic E-state index is 0.230. The quantitative estimate of drug-likeness (QED) is 0.794. The first kappa shape index (κ1) is 12.2. The van der Waals surface area contributed by atoms with Gasteiger partial charge in [0.1, 0.15) is 10.0 Å². The molecule has 1 atom stereocenters. The molecule has 2 heterocycles. The van der Waals surface area contributed by atoms with Gasteiger partial charge < -0.3 is 5.32 Å². The second-order valence-electron chi connectivity index (χ2n) is 4.37. The van der Waals surface area contributed by atoms with Crippen molar-refractivity contribution in [2.45, 2.75) is 13.0 Å². The Morgan fingerprint density at radius 2 is 2.11 bits per heavy atom. The summed E-state index contributed by atoms with van der Waals surface area (Å²) in [6.07, 6.45) is 1.81. The molecule has 0 aliphatic rings. The van der Waals surface area contributed by atoms with Crippen LogP contribution in [0.4, 0.5) is 0 Å². The van der Waals surface area contributed by atoms with Gasteiger partial charge in [0.15, 0.2) is 0 Å². The zero-order chi connectivity index (χ0) is 13.2. The van der Waals surface area contributed by atoms with E-state index in [0.29, 0.717) is 0 Å². The van der Waals surface area contributed by atoms with Gasteiger partial charge in [0.25, 0.3) is 0 Å². The molecule has 2 aromatic heterocycles. The van der Waals surface area contributed by atoms with Crippen molar-refractivity contribution >= 4 is 22.2 Å². The van der Waals surface area contributed by atoms with Crippen molar-refractivity contribution in [1.82, 2.24) is 20.5 Å². The summed E-state index contributed by atoms with van der Waals surface area (Å²) in [6.45, 7) is 2.08. The summed E-state index contributed by atoms with van der Waals surface area (Å²) in [6, 6.07) is 10.4. The molecule has 0 aliphatic heterocycles. The summed E-state index contributed by atoms with van der Waals surface area (Å²) in [5.41, 5.74) is 2.09. The summed E-state index contributed by atoms with van der Waals surface area (Å²) >= 11 is 1.62. The lowest BCUT2D eigenvalue weighted by atomic mass is 10.1. The van der Waals surface area contributed by atoms with E-state index in [0.717, 1.165) is 26.5 Å². The Hall–Kier alpha value is -1.85. The first-order valence-electron chi connectivity index (χ1n) is 6.14. The maximum Gasteiger partial charge on any atom is 0.147 e. The maximum atomic E-state index is 4.32. The number of rotatable bonds is 3. The Labute approximate surface area is 115 Å². The molecule has 1 unspecified atom stereocenters. The van der Waals surface area contributed by atoms with E-state index in [9.17, 15) is 0 Å². The minimum Gasteiger partial charge on any atom is -0.311 e. The predicted octanol–water partition coefficient (Wildman–Crippen LogP) is 3.03. The average molecular weight is 270 g/mol. The van der Waals surface area contributed by atoms with Gasteiger partial charge in [-0.15, -0.1) is 10.2 Å². The molecule has 1 N–H and O–H groups in total. The minimum absolute atomic E-state index is 0.230. The lowest BCUT2D eigenvalue weighted by Gasteiger charge is -2.03. The maximum absolute atomic E-state index is 4.32. The molecule has 96 valence electrons. The van der Waals surface area contributed by atoms with Gasteiger partial charge in [0.05, 0.1) is 11.6 Å². The van der Waals surface area contributed by atoms with E-state index in [-0.39, 0.29) is 6.04 Å². The molecule has 19 heavy (non-hydrogen) atoms. The lowest BCUT2D eigenvalue weighted by molar-refractivity contribution is 0.640. The fraction of sp³-hybridized carbons (Fsp3) is 0.214. The Morgan fingerprint density at radius 3 is 2.95 bits per heavy atom. The third-order valence-corrected chi connectivity index (χ3v) is 4.25. The molecule has 0 spiro atoms. The number of benzene rings is 1. The molecule has 0 saturated carbocycles. The summed E-state index contributed by atoms with van der Waals surface area (Å²) in [7, 11) is 1.92. The molecule has 0 amide bonds. The SMILES string of the molecule is CNC(C)c1nnc(-c2ccc3ncccc3c2)s1. The van der Waals surface area contributed by atoms with Gasteiger partial charge in [0.2, 0.25) is 0 Å². The van der Waals surface area contributed by atoms with Crippen molar-refractivity contribution in [2.75, 3.05) is 7.05 Å². The van der Waals surface area contributed by atoms with Crippen LogP contribution in [0.3, 0.4) is 0 Å². The van der Waals surface area contributed by atoms with Crippen LogP contribution in [0.5, 0.6) is 0 Å². The first-order chi connectivity index (χ1) is 9.28. The molecule has 4 nitrogen and oxygen atoms in total. The van der Waals surface area contributed by atoms with Gasteiger partial charge in [-0.25, -0.2) is 0 Å². The highest BCUT2D eigenvalue weighted by molar-refractivity contribution is 7.14. The Balaban J connectivity index is 2.01. The van der Waals surface area contributed by atoms with Gasteiger partial charge >= 0.3 is 0 Å². The summed E-state index contributed by atoms with van der Waals surface area (Å²) < 4.78 is 0.